The minimum atomic E-state index is 0.444. The predicted octanol–water partition coefficient (Wildman–Crippen LogP) is 5.13. The summed E-state index contributed by atoms with van der Waals surface area (Å²) in [6.07, 6.45) is 11.4. The van der Waals surface area contributed by atoms with Crippen molar-refractivity contribution in [3.8, 4) is 5.69 Å². The molecule has 2 bridgehead atoms. The molecule has 3 heteroatoms. The third-order valence-corrected chi connectivity index (χ3v) is 6.28. The van der Waals surface area contributed by atoms with Gasteiger partial charge in [0.2, 0.25) is 0 Å². The molecule has 0 N–H and O–H groups in total. The number of hydrogen-bond acceptors (Lipinski definition) is 1. The van der Waals surface area contributed by atoms with Crippen LogP contribution in [0.15, 0.2) is 42.7 Å². The number of benzene rings is 1. The van der Waals surface area contributed by atoms with Crippen molar-refractivity contribution < 1.29 is 0 Å². The molecule has 2 saturated carbocycles. The van der Waals surface area contributed by atoms with Gasteiger partial charge in [-0.25, -0.2) is 4.68 Å². The highest BCUT2D eigenvalue weighted by atomic mass is 79.9. The highest BCUT2D eigenvalue weighted by Crippen LogP contribution is 2.51. The average Bonchev–Trinajstić information content (AvgIpc) is 3.24. The zero-order valence-corrected chi connectivity index (χ0v) is 13.7. The molecule has 0 radical (unpaired) electrons. The van der Waals surface area contributed by atoms with E-state index < -0.39 is 0 Å². The maximum absolute atomic E-state index is 4.52. The van der Waals surface area contributed by atoms with Gasteiger partial charge in [0.25, 0.3) is 0 Å². The van der Waals surface area contributed by atoms with Crippen LogP contribution in [-0.4, -0.2) is 9.78 Å². The van der Waals surface area contributed by atoms with Crippen LogP contribution in [0.25, 0.3) is 5.69 Å². The third kappa shape index (κ3) is 2.68. The van der Waals surface area contributed by atoms with Crippen LogP contribution >= 0.6 is 15.9 Å². The van der Waals surface area contributed by atoms with Crippen molar-refractivity contribution >= 4 is 15.9 Å². The summed E-state index contributed by atoms with van der Waals surface area (Å²) in [4.78, 5) is 0.444. The number of alkyl halides is 1. The largest absolute Gasteiger partial charge is 0.241 e. The summed E-state index contributed by atoms with van der Waals surface area (Å²) < 4.78 is 1.98. The van der Waals surface area contributed by atoms with E-state index >= 15 is 0 Å². The van der Waals surface area contributed by atoms with Gasteiger partial charge in [-0.15, -0.1) is 0 Å². The van der Waals surface area contributed by atoms with E-state index in [-0.39, 0.29) is 0 Å². The number of nitrogens with zero attached hydrogens (tertiary/aromatic N) is 2. The first-order chi connectivity index (χ1) is 10.3. The monoisotopic (exact) mass is 344 g/mol. The van der Waals surface area contributed by atoms with Gasteiger partial charge in [-0.05, 0) is 55.6 Å². The number of para-hydroxylation sites is 1. The molecule has 0 spiro atoms. The molecule has 2 fully saturated rings. The Labute approximate surface area is 134 Å². The van der Waals surface area contributed by atoms with Crippen LogP contribution in [0.3, 0.4) is 0 Å². The molecule has 2 aliphatic rings. The van der Waals surface area contributed by atoms with E-state index in [0.717, 1.165) is 23.4 Å². The van der Waals surface area contributed by atoms with Crippen molar-refractivity contribution in [2.45, 2.75) is 36.9 Å². The SMILES string of the molecule is BrC(CC1CC2CCC1C2)c1cnn(-c2ccccc2)c1. The molecule has 4 rings (SSSR count). The molecule has 1 heterocycles. The first-order valence-electron chi connectivity index (χ1n) is 8.03. The van der Waals surface area contributed by atoms with E-state index in [1.807, 2.05) is 16.9 Å². The molecular formula is C18H21BrN2. The van der Waals surface area contributed by atoms with Crippen molar-refractivity contribution in [2.75, 3.05) is 0 Å². The lowest BCUT2D eigenvalue weighted by atomic mass is 9.85. The lowest BCUT2D eigenvalue weighted by molar-refractivity contribution is 0.314. The summed E-state index contributed by atoms with van der Waals surface area (Å²) in [5, 5.41) is 4.52. The summed E-state index contributed by atoms with van der Waals surface area (Å²) in [6, 6.07) is 10.3. The van der Waals surface area contributed by atoms with Gasteiger partial charge in [0.05, 0.1) is 11.9 Å². The Kier molecular flexibility index (Phi) is 3.62. The van der Waals surface area contributed by atoms with Gasteiger partial charge >= 0.3 is 0 Å². The van der Waals surface area contributed by atoms with Crippen LogP contribution in [0.4, 0.5) is 0 Å². The van der Waals surface area contributed by atoms with Crippen molar-refractivity contribution in [2.24, 2.45) is 17.8 Å². The van der Waals surface area contributed by atoms with Crippen LogP contribution in [-0.2, 0) is 0 Å². The van der Waals surface area contributed by atoms with E-state index in [1.165, 1.54) is 37.7 Å². The first-order valence-corrected chi connectivity index (χ1v) is 8.95. The fourth-order valence-corrected chi connectivity index (χ4v) is 5.00. The van der Waals surface area contributed by atoms with E-state index in [4.69, 9.17) is 0 Å². The van der Waals surface area contributed by atoms with E-state index in [2.05, 4.69) is 51.5 Å². The molecule has 0 saturated heterocycles. The minimum Gasteiger partial charge on any atom is -0.241 e. The fourth-order valence-electron chi connectivity index (χ4n) is 4.29. The van der Waals surface area contributed by atoms with Gasteiger partial charge in [-0.2, -0.15) is 5.10 Å². The molecule has 0 aliphatic heterocycles. The van der Waals surface area contributed by atoms with Crippen molar-refractivity contribution in [3.63, 3.8) is 0 Å². The topological polar surface area (TPSA) is 17.8 Å². The quantitative estimate of drug-likeness (QED) is 0.702. The van der Waals surface area contributed by atoms with Crippen LogP contribution in [0, 0.1) is 17.8 Å². The standard InChI is InChI=1S/C18H21BrN2/c19-18(10-15-9-13-6-7-14(15)8-13)16-11-20-21(12-16)17-4-2-1-3-5-17/h1-5,11-15,18H,6-10H2. The van der Waals surface area contributed by atoms with E-state index in [0.29, 0.717) is 4.83 Å². The Balaban J connectivity index is 1.45. The average molecular weight is 345 g/mol. The minimum absolute atomic E-state index is 0.444. The summed E-state index contributed by atoms with van der Waals surface area (Å²) in [5.41, 5.74) is 2.44. The maximum Gasteiger partial charge on any atom is 0.0645 e. The van der Waals surface area contributed by atoms with Gasteiger partial charge in [-0.3, -0.25) is 0 Å². The summed E-state index contributed by atoms with van der Waals surface area (Å²) in [6.45, 7) is 0. The molecular weight excluding hydrogens is 324 g/mol. The molecule has 2 nitrogen and oxygen atoms in total. The smallest absolute Gasteiger partial charge is 0.0645 e. The van der Waals surface area contributed by atoms with Gasteiger partial charge in [0.1, 0.15) is 0 Å². The molecule has 2 aliphatic carbocycles. The van der Waals surface area contributed by atoms with Crippen molar-refractivity contribution in [1.82, 2.24) is 9.78 Å². The Morgan fingerprint density at radius 1 is 1.19 bits per heavy atom. The Hall–Kier alpha value is -1.09. The predicted molar refractivity (Wildman–Crippen MR) is 88.8 cm³/mol. The Morgan fingerprint density at radius 2 is 2.05 bits per heavy atom. The highest BCUT2D eigenvalue weighted by Gasteiger charge is 2.40. The maximum atomic E-state index is 4.52. The molecule has 1 aromatic heterocycles. The van der Waals surface area contributed by atoms with Crippen LogP contribution < -0.4 is 0 Å². The zero-order chi connectivity index (χ0) is 14.2. The number of hydrogen-bond donors (Lipinski definition) is 0. The Bertz CT molecular complexity index is 607. The van der Waals surface area contributed by atoms with Crippen LogP contribution in [0.5, 0.6) is 0 Å². The van der Waals surface area contributed by atoms with Gasteiger partial charge in [-0.1, -0.05) is 40.5 Å². The van der Waals surface area contributed by atoms with Crippen molar-refractivity contribution in [1.29, 1.82) is 0 Å². The molecule has 2 aromatic rings. The third-order valence-electron chi connectivity index (χ3n) is 5.38. The molecule has 4 atom stereocenters. The van der Waals surface area contributed by atoms with E-state index in [1.54, 1.807) is 0 Å². The second-order valence-corrected chi connectivity index (χ2v) is 7.80. The molecule has 21 heavy (non-hydrogen) atoms. The highest BCUT2D eigenvalue weighted by molar-refractivity contribution is 9.09. The molecule has 4 unspecified atom stereocenters. The molecule has 0 amide bonds. The number of aromatic nitrogens is 2. The van der Waals surface area contributed by atoms with Crippen LogP contribution in [0.1, 0.15) is 42.5 Å². The molecule has 110 valence electrons. The molecule has 1 aromatic carbocycles. The lowest BCUT2D eigenvalue weighted by Gasteiger charge is -2.23. The van der Waals surface area contributed by atoms with Gasteiger partial charge < -0.3 is 0 Å². The second-order valence-electron chi connectivity index (χ2n) is 6.69. The lowest BCUT2D eigenvalue weighted by Crippen LogP contribution is -2.12. The fraction of sp³-hybridized carbons (Fsp3) is 0.500. The Morgan fingerprint density at radius 3 is 2.76 bits per heavy atom. The normalized spacial score (nSPS) is 28.9. The zero-order valence-electron chi connectivity index (χ0n) is 12.2. The number of halogens is 1. The first kappa shape index (κ1) is 13.6. The second kappa shape index (κ2) is 5.60. The number of rotatable bonds is 4. The van der Waals surface area contributed by atoms with Crippen LogP contribution in [0.2, 0.25) is 0 Å². The van der Waals surface area contributed by atoms with Crippen molar-refractivity contribution in [3.05, 3.63) is 48.3 Å². The van der Waals surface area contributed by atoms with Gasteiger partial charge in [0.15, 0.2) is 0 Å². The van der Waals surface area contributed by atoms with E-state index in [9.17, 15) is 0 Å². The number of fused-ring (bicyclic) bond motifs is 2. The van der Waals surface area contributed by atoms with Gasteiger partial charge in [0, 0.05) is 16.6 Å². The summed E-state index contributed by atoms with van der Waals surface area (Å²) in [5.74, 6) is 2.96. The summed E-state index contributed by atoms with van der Waals surface area (Å²) in [7, 11) is 0. The summed E-state index contributed by atoms with van der Waals surface area (Å²) >= 11 is 3.90.